The summed E-state index contributed by atoms with van der Waals surface area (Å²) in [6.45, 7) is 5.05. The van der Waals surface area contributed by atoms with Gasteiger partial charge in [0, 0.05) is 24.0 Å². The van der Waals surface area contributed by atoms with Crippen molar-refractivity contribution in [2.75, 3.05) is 6.61 Å². The summed E-state index contributed by atoms with van der Waals surface area (Å²) in [5.41, 5.74) is 3.00. The van der Waals surface area contributed by atoms with Gasteiger partial charge in [-0.3, -0.25) is 14.2 Å². The molecule has 0 amide bonds. The molecule has 0 saturated heterocycles. The van der Waals surface area contributed by atoms with Crippen molar-refractivity contribution in [1.29, 1.82) is 0 Å². The lowest BCUT2D eigenvalue weighted by molar-refractivity contribution is -0.145. The maximum atomic E-state index is 13.2. The van der Waals surface area contributed by atoms with E-state index < -0.39 is 23.9 Å². The van der Waals surface area contributed by atoms with Crippen LogP contribution in [0.5, 0.6) is 0 Å². The number of carbonyl (C=O) groups is 1. The second-order valence-corrected chi connectivity index (χ2v) is 6.84. The van der Waals surface area contributed by atoms with Gasteiger partial charge < -0.3 is 9.84 Å². The fraction of sp³-hybridized carbons (Fsp3) is 0.400. The average molecular weight is 422 g/mol. The number of aliphatic hydroxyl groups is 1. The maximum Gasteiger partial charge on any atom is 0.452 e. The Labute approximate surface area is 170 Å². The van der Waals surface area contributed by atoms with E-state index in [4.69, 9.17) is 4.74 Å². The Balaban J connectivity index is 2.15. The Morgan fingerprint density at radius 1 is 1.30 bits per heavy atom. The molecule has 10 heteroatoms. The molecule has 0 aliphatic heterocycles. The molecular weight excluding hydrogens is 401 g/mol. The SMILES string of the molecule is CCOC(=O)C[C@@H](c1cnc(C)c(CO)c1)c1ccn2c(C(F)(F)F)nnc2c1C. The van der Waals surface area contributed by atoms with Crippen molar-refractivity contribution in [2.45, 2.75) is 45.9 Å². The number of pyridine rings is 2. The molecule has 1 atom stereocenters. The van der Waals surface area contributed by atoms with Crippen LogP contribution in [0, 0.1) is 13.8 Å². The van der Waals surface area contributed by atoms with Gasteiger partial charge in [0.2, 0.25) is 5.82 Å². The molecule has 1 N–H and O–H groups in total. The summed E-state index contributed by atoms with van der Waals surface area (Å²) in [5, 5.41) is 16.6. The summed E-state index contributed by atoms with van der Waals surface area (Å²) < 4.78 is 45.5. The molecular formula is C20H21F3N4O3. The topological polar surface area (TPSA) is 89.6 Å². The van der Waals surface area contributed by atoms with Crippen molar-refractivity contribution in [2.24, 2.45) is 0 Å². The molecule has 3 rings (SSSR count). The molecule has 0 aromatic carbocycles. The number of nitrogens with zero attached hydrogens (tertiary/aromatic N) is 4. The first-order valence-corrected chi connectivity index (χ1v) is 9.30. The normalized spacial score (nSPS) is 12.9. The van der Waals surface area contributed by atoms with Crippen LogP contribution in [0.1, 0.15) is 53.0 Å². The minimum absolute atomic E-state index is 0.0409. The van der Waals surface area contributed by atoms with Crippen LogP contribution in [0.15, 0.2) is 24.5 Å². The van der Waals surface area contributed by atoms with E-state index in [1.54, 1.807) is 33.0 Å². The lowest BCUT2D eigenvalue weighted by atomic mass is 9.86. The lowest BCUT2D eigenvalue weighted by Gasteiger charge is -2.20. The molecule has 7 nitrogen and oxygen atoms in total. The minimum atomic E-state index is -4.64. The third-order valence-electron chi connectivity index (χ3n) is 4.96. The minimum Gasteiger partial charge on any atom is -0.466 e. The Kier molecular flexibility index (Phi) is 6.06. The zero-order valence-electron chi connectivity index (χ0n) is 16.7. The summed E-state index contributed by atoms with van der Waals surface area (Å²) in [7, 11) is 0. The van der Waals surface area contributed by atoms with Gasteiger partial charge in [-0.05, 0) is 55.2 Å². The number of fused-ring (bicyclic) bond motifs is 1. The maximum absolute atomic E-state index is 13.2. The number of ether oxygens (including phenoxy) is 1. The Hall–Kier alpha value is -3.01. The van der Waals surface area contributed by atoms with Crippen LogP contribution < -0.4 is 0 Å². The number of halogens is 3. The second-order valence-electron chi connectivity index (χ2n) is 6.84. The molecule has 0 saturated carbocycles. The number of esters is 1. The fourth-order valence-corrected chi connectivity index (χ4v) is 3.41. The third-order valence-corrected chi connectivity index (χ3v) is 4.96. The van der Waals surface area contributed by atoms with Gasteiger partial charge in [-0.1, -0.05) is 0 Å². The van der Waals surface area contributed by atoms with Gasteiger partial charge in [-0.15, -0.1) is 10.2 Å². The van der Waals surface area contributed by atoms with Crippen molar-refractivity contribution in [1.82, 2.24) is 19.6 Å². The highest BCUT2D eigenvalue weighted by Crippen LogP contribution is 2.34. The molecule has 0 radical (unpaired) electrons. The van der Waals surface area contributed by atoms with Crippen LogP contribution in [0.25, 0.3) is 5.65 Å². The molecule has 0 aliphatic carbocycles. The number of hydrogen-bond donors (Lipinski definition) is 1. The van der Waals surface area contributed by atoms with Crippen molar-refractivity contribution < 1.29 is 27.8 Å². The van der Waals surface area contributed by atoms with Gasteiger partial charge in [0.15, 0.2) is 5.65 Å². The zero-order chi connectivity index (χ0) is 22.1. The van der Waals surface area contributed by atoms with E-state index in [0.717, 1.165) is 4.40 Å². The molecule has 3 aromatic rings. The molecule has 160 valence electrons. The Morgan fingerprint density at radius 2 is 2.03 bits per heavy atom. The average Bonchev–Trinajstić information content (AvgIpc) is 3.13. The number of aromatic nitrogens is 4. The first-order valence-electron chi connectivity index (χ1n) is 9.30. The number of carbonyl (C=O) groups excluding carboxylic acids is 1. The van der Waals surface area contributed by atoms with E-state index in [-0.39, 0.29) is 25.3 Å². The van der Waals surface area contributed by atoms with E-state index in [1.165, 1.54) is 12.3 Å². The van der Waals surface area contributed by atoms with Gasteiger partial charge in [-0.25, -0.2) is 0 Å². The number of rotatable bonds is 6. The van der Waals surface area contributed by atoms with Gasteiger partial charge >= 0.3 is 12.1 Å². The van der Waals surface area contributed by atoms with Crippen molar-refractivity contribution >= 4 is 11.6 Å². The van der Waals surface area contributed by atoms with Gasteiger partial charge in [0.25, 0.3) is 0 Å². The molecule has 0 fully saturated rings. The summed E-state index contributed by atoms with van der Waals surface area (Å²) in [5.74, 6) is -2.11. The third kappa shape index (κ3) is 4.13. The Bertz CT molecular complexity index is 1080. The summed E-state index contributed by atoms with van der Waals surface area (Å²) in [4.78, 5) is 16.5. The van der Waals surface area contributed by atoms with Crippen LogP contribution in [0.3, 0.4) is 0 Å². The summed E-state index contributed by atoms with van der Waals surface area (Å²) in [6.07, 6.45) is -1.85. The van der Waals surface area contributed by atoms with Crippen LogP contribution >= 0.6 is 0 Å². The van der Waals surface area contributed by atoms with E-state index in [1.807, 2.05) is 0 Å². The number of alkyl halides is 3. The van der Waals surface area contributed by atoms with Gasteiger partial charge in [0.1, 0.15) is 0 Å². The number of hydrogen-bond acceptors (Lipinski definition) is 6. The molecule has 3 heterocycles. The molecule has 0 spiro atoms. The predicted molar refractivity (Wildman–Crippen MR) is 101 cm³/mol. The molecule has 0 aliphatic rings. The van der Waals surface area contributed by atoms with Crippen molar-refractivity contribution in [3.05, 3.63) is 58.3 Å². The lowest BCUT2D eigenvalue weighted by Crippen LogP contribution is -2.15. The van der Waals surface area contributed by atoms with E-state index >= 15 is 0 Å². The first-order chi connectivity index (χ1) is 14.2. The number of aliphatic hydroxyl groups excluding tert-OH is 1. The first kappa shape index (κ1) is 21.7. The molecule has 0 unspecified atom stereocenters. The summed E-state index contributed by atoms with van der Waals surface area (Å²) >= 11 is 0. The quantitative estimate of drug-likeness (QED) is 0.613. The Morgan fingerprint density at radius 3 is 2.67 bits per heavy atom. The molecule has 0 bridgehead atoms. The van der Waals surface area contributed by atoms with Gasteiger partial charge in [0.05, 0.1) is 19.6 Å². The monoisotopic (exact) mass is 422 g/mol. The van der Waals surface area contributed by atoms with Crippen LogP contribution in [-0.4, -0.2) is 37.3 Å². The van der Waals surface area contributed by atoms with Crippen molar-refractivity contribution in [3.8, 4) is 0 Å². The van der Waals surface area contributed by atoms with E-state index in [2.05, 4.69) is 15.2 Å². The largest absolute Gasteiger partial charge is 0.466 e. The predicted octanol–water partition coefficient (Wildman–Crippen LogP) is 3.34. The second kappa shape index (κ2) is 8.39. The van der Waals surface area contributed by atoms with Gasteiger partial charge in [-0.2, -0.15) is 13.2 Å². The van der Waals surface area contributed by atoms with E-state index in [0.29, 0.717) is 27.9 Å². The standard InChI is InChI=1S/C20H21F3N4O3/c1-4-30-17(29)8-16(13-7-14(10-28)12(3)24-9-13)15-5-6-27-18(11(15)2)25-26-19(27)20(21,22)23/h5-7,9,16,28H,4,8,10H2,1-3H3/t16-/m0/s1. The smallest absolute Gasteiger partial charge is 0.452 e. The summed E-state index contributed by atoms with van der Waals surface area (Å²) in [6, 6.07) is 3.25. The molecule has 3 aromatic heterocycles. The zero-order valence-corrected chi connectivity index (χ0v) is 16.7. The fourth-order valence-electron chi connectivity index (χ4n) is 3.41. The van der Waals surface area contributed by atoms with E-state index in [9.17, 15) is 23.1 Å². The van der Waals surface area contributed by atoms with Crippen LogP contribution in [0.4, 0.5) is 13.2 Å². The van der Waals surface area contributed by atoms with Crippen LogP contribution in [0.2, 0.25) is 0 Å². The highest BCUT2D eigenvalue weighted by Gasteiger charge is 2.37. The highest BCUT2D eigenvalue weighted by molar-refractivity contribution is 5.72. The van der Waals surface area contributed by atoms with Crippen molar-refractivity contribution in [3.63, 3.8) is 0 Å². The number of aryl methyl sites for hydroxylation is 2. The van der Waals surface area contributed by atoms with Crippen LogP contribution in [-0.2, 0) is 22.3 Å². The molecule has 30 heavy (non-hydrogen) atoms. The highest BCUT2D eigenvalue weighted by atomic mass is 19.4.